The van der Waals surface area contributed by atoms with Crippen LogP contribution < -0.4 is 0 Å². The second kappa shape index (κ2) is 8.58. The Morgan fingerprint density at radius 3 is 2.50 bits per heavy atom. The lowest BCUT2D eigenvalue weighted by Gasteiger charge is -2.01. The molecule has 0 atom stereocenters. The minimum Gasteiger partial charge on any atom is -0.411 e. The van der Waals surface area contributed by atoms with Crippen molar-refractivity contribution in [2.75, 3.05) is 0 Å². The van der Waals surface area contributed by atoms with Crippen LogP contribution >= 0.6 is 0 Å². The standard InChI is InChI=1S/C14H18N4O2/c1-11(17-19)9-15-16-12(2)13(3)18-20-10-14-7-5-4-6-8-14/h4-9,19H,10H2,1-3H3/b15-9+,16-12+,17-11+,18-13+. The van der Waals surface area contributed by atoms with Gasteiger partial charge in [-0.25, -0.2) is 0 Å². The first kappa shape index (κ1) is 15.6. The number of hydrogen-bond donors (Lipinski definition) is 1. The molecule has 0 aromatic heterocycles. The fraction of sp³-hybridized carbons (Fsp3) is 0.286. The van der Waals surface area contributed by atoms with Crippen LogP contribution in [0.5, 0.6) is 0 Å². The molecular formula is C14H18N4O2. The smallest absolute Gasteiger partial charge is 0.142 e. The predicted molar refractivity (Wildman–Crippen MR) is 80.8 cm³/mol. The minimum atomic E-state index is 0.372. The van der Waals surface area contributed by atoms with E-state index in [9.17, 15) is 0 Å². The summed E-state index contributed by atoms with van der Waals surface area (Å²) in [5, 5.41) is 23.1. The van der Waals surface area contributed by atoms with Gasteiger partial charge in [0.1, 0.15) is 6.61 Å². The zero-order chi connectivity index (χ0) is 14.8. The van der Waals surface area contributed by atoms with Crippen molar-refractivity contribution in [2.24, 2.45) is 20.5 Å². The highest BCUT2D eigenvalue weighted by Crippen LogP contribution is 2.01. The van der Waals surface area contributed by atoms with Crippen molar-refractivity contribution in [3.05, 3.63) is 35.9 Å². The molecule has 0 aliphatic carbocycles. The molecule has 0 aliphatic heterocycles. The van der Waals surface area contributed by atoms with Crippen LogP contribution in [-0.2, 0) is 11.4 Å². The van der Waals surface area contributed by atoms with E-state index in [0.717, 1.165) is 5.56 Å². The molecule has 106 valence electrons. The van der Waals surface area contributed by atoms with E-state index < -0.39 is 0 Å². The topological polar surface area (TPSA) is 78.9 Å². The Labute approximate surface area is 118 Å². The van der Waals surface area contributed by atoms with E-state index in [2.05, 4.69) is 20.5 Å². The molecule has 1 N–H and O–H groups in total. The summed E-state index contributed by atoms with van der Waals surface area (Å²) in [6.45, 7) is 5.57. The fourth-order valence-electron chi connectivity index (χ4n) is 1.14. The maximum absolute atomic E-state index is 8.44. The van der Waals surface area contributed by atoms with E-state index >= 15 is 0 Å². The predicted octanol–water partition coefficient (Wildman–Crippen LogP) is 2.88. The van der Waals surface area contributed by atoms with Gasteiger partial charge >= 0.3 is 0 Å². The molecule has 0 bridgehead atoms. The van der Waals surface area contributed by atoms with Crippen LogP contribution in [-0.4, -0.2) is 28.6 Å². The molecule has 0 saturated heterocycles. The van der Waals surface area contributed by atoms with Crippen molar-refractivity contribution in [3.8, 4) is 0 Å². The Hall–Kier alpha value is -2.50. The van der Waals surface area contributed by atoms with Crippen LogP contribution in [0, 0.1) is 0 Å². The maximum Gasteiger partial charge on any atom is 0.142 e. The first-order valence-corrected chi connectivity index (χ1v) is 6.10. The largest absolute Gasteiger partial charge is 0.411 e. The number of hydrogen-bond acceptors (Lipinski definition) is 6. The highest BCUT2D eigenvalue weighted by atomic mass is 16.6. The molecule has 0 heterocycles. The van der Waals surface area contributed by atoms with Crippen molar-refractivity contribution in [3.63, 3.8) is 0 Å². The molecule has 20 heavy (non-hydrogen) atoms. The van der Waals surface area contributed by atoms with Gasteiger partial charge in [-0.3, -0.25) is 0 Å². The quantitative estimate of drug-likeness (QED) is 0.491. The molecular weight excluding hydrogens is 256 g/mol. The average Bonchev–Trinajstić information content (AvgIpc) is 2.47. The molecule has 0 aliphatic rings. The third-order valence-electron chi connectivity index (χ3n) is 2.41. The van der Waals surface area contributed by atoms with Crippen molar-refractivity contribution in [2.45, 2.75) is 27.4 Å². The van der Waals surface area contributed by atoms with E-state index in [0.29, 0.717) is 23.7 Å². The Balaban J connectivity index is 2.51. The highest BCUT2D eigenvalue weighted by Gasteiger charge is 1.97. The fourth-order valence-corrected chi connectivity index (χ4v) is 1.14. The Morgan fingerprint density at radius 2 is 1.85 bits per heavy atom. The van der Waals surface area contributed by atoms with Crippen LogP contribution in [0.4, 0.5) is 0 Å². The normalized spacial score (nSPS) is 13.8. The van der Waals surface area contributed by atoms with E-state index in [4.69, 9.17) is 10.0 Å². The molecule has 0 fully saturated rings. The Morgan fingerprint density at radius 1 is 1.15 bits per heavy atom. The van der Waals surface area contributed by atoms with Crippen LogP contribution in [0.15, 0.2) is 50.8 Å². The molecule has 1 aromatic rings. The number of oxime groups is 2. The average molecular weight is 274 g/mol. The zero-order valence-electron chi connectivity index (χ0n) is 11.8. The van der Waals surface area contributed by atoms with Crippen LogP contribution in [0.1, 0.15) is 26.3 Å². The van der Waals surface area contributed by atoms with Gasteiger partial charge in [0.05, 0.1) is 23.3 Å². The van der Waals surface area contributed by atoms with Crippen LogP contribution in [0.25, 0.3) is 0 Å². The van der Waals surface area contributed by atoms with Gasteiger partial charge in [-0.1, -0.05) is 40.6 Å². The summed E-state index contributed by atoms with van der Waals surface area (Å²) in [5.74, 6) is 0. The van der Waals surface area contributed by atoms with Gasteiger partial charge in [0.15, 0.2) is 0 Å². The van der Waals surface area contributed by atoms with Crippen molar-refractivity contribution < 1.29 is 10.0 Å². The SMILES string of the molecule is CC(/C=N/N=C(C)/C(C)=N/OCc1ccccc1)=N\O. The van der Waals surface area contributed by atoms with E-state index in [1.807, 2.05) is 30.3 Å². The maximum atomic E-state index is 8.44. The van der Waals surface area contributed by atoms with Gasteiger partial charge in [0, 0.05) is 0 Å². The lowest BCUT2D eigenvalue weighted by atomic mass is 10.2. The van der Waals surface area contributed by atoms with Gasteiger partial charge in [-0.15, -0.1) is 0 Å². The molecule has 1 rings (SSSR count). The first-order chi connectivity index (χ1) is 9.63. The summed E-state index contributed by atoms with van der Waals surface area (Å²) >= 11 is 0. The molecule has 1 aromatic carbocycles. The monoisotopic (exact) mass is 274 g/mol. The summed E-state index contributed by atoms with van der Waals surface area (Å²) in [4.78, 5) is 5.24. The lowest BCUT2D eigenvalue weighted by Crippen LogP contribution is -2.06. The van der Waals surface area contributed by atoms with Crippen molar-refractivity contribution in [1.82, 2.24) is 0 Å². The zero-order valence-corrected chi connectivity index (χ0v) is 11.8. The highest BCUT2D eigenvalue weighted by molar-refractivity contribution is 6.40. The number of nitrogens with zero attached hydrogens (tertiary/aromatic N) is 4. The van der Waals surface area contributed by atoms with Gasteiger partial charge in [-0.2, -0.15) is 10.2 Å². The molecule has 0 spiro atoms. The van der Waals surface area contributed by atoms with Gasteiger partial charge < -0.3 is 10.0 Å². The minimum absolute atomic E-state index is 0.372. The second-order valence-electron chi connectivity index (χ2n) is 4.11. The van der Waals surface area contributed by atoms with Gasteiger partial charge in [0.25, 0.3) is 0 Å². The molecule has 0 amide bonds. The molecule has 6 nitrogen and oxygen atoms in total. The van der Waals surface area contributed by atoms with Crippen LogP contribution in [0.3, 0.4) is 0 Å². The van der Waals surface area contributed by atoms with E-state index in [-0.39, 0.29) is 0 Å². The second-order valence-corrected chi connectivity index (χ2v) is 4.11. The Bertz CT molecular complexity index is 533. The molecule has 0 saturated carbocycles. The summed E-state index contributed by atoms with van der Waals surface area (Å²) in [7, 11) is 0. The third kappa shape index (κ3) is 5.90. The Kier molecular flexibility index (Phi) is 6.67. The van der Waals surface area contributed by atoms with Crippen molar-refractivity contribution >= 4 is 23.3 Å². The summed E-state index contributed by atoms with van der Waals surface area (Å²) in [6, 6.07) is 9.77. The summed E-state index contributed by atoms with van der Waals surface area (Å²) in [5.41, 5.74) is 2.68. The summed E-state index contributed by atoms with van der Waals surface area (Å²) in [6.07, 6.45) is 1.35. The molecule has 6 heteroatoms. The van der Waals surface area contributed by atoms with Crippen molar-refractivity contribution in [1.29, 1.82) is 0 Å². The number of benzene rings is 1. The lowest BCUT2D eigenvalue weighted by molar-refractivity contribution is 0.131. The summed E-state index contributed by atoms with van der Waals surface area (Å²) < 4.78 is 0. The van der Waals surface area contributed by atoms with Crippen LogP contribution in [0.2, 0.25) is 0 Å². The molecule has 0 unspecified atom stereocenters. The van der Waals surface area contributed by atoms with Gasteiger partial charge in [0.2, 0.25) is 0 Å². The van der Waals surface area contributed by atoms with E-state index in [1.54, 1.807) is 20.8 Å². The number of rotatable bonds is 6. The molecule has 0 radical (unpaired) electrons. The van der Waals surface area contributed by atoms with E-state index in [1.165, 1.54) is 6.21 Å². The third-order valence-corrected chi connectivity index (χ3v) is 2.41. The first-order valence-electron chi connectivity index (χ1n) is 6.10. The van der Waals surface area contributed by atoms with Gasteiger partial charge in [-0.05, 0) is 26.3 Å².